The predicted octanol–water partition coefficient (Wildman–Crippen LogP) is 2.51. The van der Waals surface area contributed by atoms with Crippen molar-refractivity contribution in [3.63, 3.8) is 0 Å². The maximum absolute atomic E-state index is 12.1. The fourth-order valence-corrected chi connectivity index (χ4v) is 2.10. The Hall–Kier alpha value is -2.06. The monoisotopic (exact) mass is 289 g/mol. The first-order chi connectivity index (χ1) is 10.1. The third-order valence-corrected chi connectivity index (χ3v) is 2.91. The maximum Gasteiger partial charge on any atom is 0.238 e. The van der Waals surface area contributed by atoms with Gasteiger partial charge in [-0.05, 0) is 18.1 Å². The van der Waals surface area contributed by atoms with Crippen molar-refractivity contribution in [2.45, 2.75) is 20.3 Å². The van der Waals surface area contributed by atoms with Crippen LogP contribution in [0.4, 0.5) is 5.69 Å². The molecule has 0 saturated carbocycles. The van der Waals surface area contributed by atoms with Crippen molar-refractivity contribution in [1.29, 1.82) is 5.26 Å². The van der Waals surface area contributed by atoms with Gasteiger partial charge in [0.1, 0.15) is 5.75 Å². The molecule has 0 aromatic heterocycles. The van der Waals surface area contributed by atoms with E-state index in [-0.39, 0.29) is 12.5 Å². The van der Waals surface area contributed by atoms with Gasteiger partial charge in [0.2, 0.25) is 5.91 Å². The smallest absolute Gasteiger partial charge is 0.238 e. The largest absolute Gasteiger partial charge is 0.495 e. The summed E-state index contributed by atoms with van der Waals surface area (Å²) >= 11 is 0. The third kappa shape index (κ3) is 6.28. The van der Waals surface area contributed by atoms with Gasteiger partial charge in [0.05, 0.1) is 25.4 Å². The summed E-state index contributed by atoms with van der Waals surface area (Å²) < 4.78 is 5.21. The highest BCUT2D eigenvalue weighted by atomic mass is 16.5. The van der Waals surface area contributed by atoms with Gasteiger partial charge in [-0.15, -0.1) is 0 Å². The van der Waals surface area contributed by atoms with Crippen molar-refractivity contribution in [1.82, 2.24) is 4.90 Å². The topological polar surface area (TPSA) is 65.4 Å². The minimum Gasteiger partial charge on any atom is -0.495 e. The number of ether oxygens (including phenoxy) is 1. The Kier molecular flexibility index (Phi) is 7.27. The number of nitrogens with one attached hydrogen (secondary N) is 1. The van der Waals surface area contributed by atoms with Crippen LogP contribution in [0.15, 0.2) is 24.3 Å². The van der Waals surface area contributed by atoms with Crippen LogP contribution in [-0.2, 0) is 4.79 Å². The number of para-hydroxylation sites is 2. The van der Waals surface area contributed by atoms with Gasteiger partial charge in [0, 0.05) is 19.5 Å². The fourth-order valence-electron chi connectivity index (χ4n) is 2.10. The molecule has 0 aliphatic carbocycles. The van der Waals surface area contributed by atoms with Crippen molar-refractivity contribution in [3.05, 3.63) is 24.3 Å². The van der Waals surface area contributed by atoms with E-state index in [1.807, 2.05) is 17.0 Å². The Labute approximate surface area is 126 Å². The molecule has 0 aliphatic heterocycles. The third-order valence-electron chi connectivity index (χ3n) is 2.91. The summed E-state index contributed by atoms with van der Waals surface area (Å²) in [6, 6.07) is 9.43. The Morgan fingerprint density at radius 3 is 2.76 bits per heavy atom. The van der Waals surface area contributed by atoms with Gasteiger partial charge in [0.25, 0.3) is 0 Å². The number of carbonyl (C=O) groups is 1. The van der Waals surface area contributed by atoms with Crippen LogP contribution in [0.1, 0.15) is 20.3 Å². The molecular weight excluding hydrogens is 266 g/mol. The van der Waals surface area contributed by atoms with E-state index >= 15 is 0 Å². The average Bonchev–Trinajstić information content (AvgIpc) is 2.44. The number of anilines is 1. The molecule has 0 bridgehead atoms. The number of hydrogen-bond acceptors (Lipinski definition) is 4. The molecule has 0 fully saturated rings. The molecule has 1 amide bonds. The van der Waals surface area contributed by atoms with Crippen LogP contribution in [0.3, 0.4) is 0 Å². The van der Waals surface area contributed by atoms with Crippen LogP contribution in [-0.4, -0.2) is 37.6 Å². The van der Waals surface area contributed by atoms with Crippen LogP contribution in [0.25, 0.3) is 0 Å². The minimum absolute atomic E-state index is 0.0990. The zero-order valence-corrected chi connectivity index (χ0v) is 12.9. The van der Waals surface area contributed by atoms with Crippen LogP contribution < -0.4 is 10.1 Å². The molecule has 0 aliphatic rings. The second-order valence-corrected chi connectivity index (χ2v) is 5.29. The summed E-state index contributed by atoms with van der Waals surface area (Å²) in [6.07, 6.45) is 0.425. The molecule has 0 spiro atoms. The lowest BCUT2D eigenvalue weighted by Gasteiger charge is -2.22. The number of nitriles is 1. The Morgan fingerprint density at radius 1 is 1.43 bits per heavy atom. The minimum atomic E-state index is -0.0990. The quantitative estimate of drug-likeness (QED) is 0.798. The number of rotatable bonds is 8. The molecular formula is C16H23N3O2. The van der Waals surface area contributed by atoms with Crippen LogP contribution in [0.2, 0.25) is 0 Å². The molecule has 0 atom stereocenters. The Balaban J connectivity index is 2.62. The van der Waals surface area contributed by atoms with Crippen LogP contribution in [0, 0.1) is 17.2 Å². The molecule has 1 rings (SSSR count). The standard InChI is InChI=1S/C16H23N3O2/c1-13(2)11-19(10-6-9-17)12-16(20)18-14-7-4-5-8-15(14)21-3/h4-5,7-8,13H,6,10-12H2,1-3H3,(H,18,20). The Bertz CT molecular complexity index is 495. The van der Waals surface area contributed by atoms with Crippen molar-refractivity contribution in [2.75, 3.05) is 32.1 Å². The number of carbonyl (C=O) groups excluding carboxylic acids is 1. The van der Waals surface area contributed by atoms with E-state index in [9.17, 15) is 4.79 Å². The van der Waals surface area contributed by atoms with Crippen molar-refractivity contribution in [3.8, 4) is 11.8 Å². The molecule has 1 N–H and O–H groups in total. The number of benzene rings is 1. The molecule has 1 aromatic carbocycles. The highest BCUT2D eigenvalue weighted by molar-refractivity contribution is 5.93. The van der Waals surface area contributed by atoms with E-state index in [2.05, 4.69) is 25.2 Å². The summed E-state index contributed by atoms with van der Waals surface area (Å²) in [5.41, 5.74) is 0.662. The molecule has 5 nitrogen and oxygen atoms in total. The number of methoxy groups -OCH3 is 1. The SMILES string of the molecule is COc1ccccc1NC(=O)CN(CCC#N)CC(C)C. The van der Waals surface area contributed by atoms with Crippen molar-refractivity contribution < 1.29 is 9.53 Å². The first-order valence-corrected chi connectivity index (χ1v) is 7.09. The first kappa shape index (κ1) is 17.0. The number of hydrogen-bond donors (Lipinski definition) is 1. The van der Waals surface area contributed by atoms with Gasteiger partial charge in [-0.3, -0.25) is 9.69 Å². The van der Waals surface area contributed by atoms with Gasteiger partial charge in [-0.25, -0.2) is 0 Å². The number of nitrogens with zero attached hydrogens (tertiary/aromatic N) is 2. The molecule has 0 saturated heterocycles. The summed E-state index contributed by atoms with van der Waals surface area (Å²) in [5, 5.41) is 11.5. The molecule has 5 heteroatoms. The van der Waals surface area contributed by atoms with E-state index in [1.165, 1.54) is 0 Å². The van der Waals surface area contributed by atoms with Crippen LogP contribution in [0.5, 0.6) is 5.75 Å². The van der Waals surface area contributed by atoms with Gasteiger partial charge in [-0.2, -0.15) is 5.26 Å². The lowest BCUT2D eigenvalue weighted by molar-refractivity contribution is -0.117. The highest BCUT2D eigenvalue weighted by Crippen LogP contribution is 2.22. The van der Waals surface area contributed by atoms with E-state index < -0.39 is 0 Å². The number of amides is 1. The summed E-state index contributed by atoms with van der Waals surface area (Å²) in [6.45, 7) is 5.86. The van der Waals surface area contributed by atoms with E-state index in [4.69, 9.17) is 10.00 Å². The normalized spacial score (nSPS) is 10.5. The summed E-state index contributed by atoms with van der Waals surface area (Å²) in [4.78, 5) is 14.1. The second-order valence-electron chi connectivity index (χ2n) is 5.29. The lowest BCUT2D eigenvalue weighted by atomic mass is 10.2. The molecule has 114 valence electrons. The van der Waals surface area contributed by atoms with E-state index in [0.29, 0.717) is 30.3 Å². The molecule has 1 aromatic rings. The van der Waals surface area contributed by atoms with Gasteiger partial charge < -0.3 is 10.1 Å². The second kappa shape index (κ2) is 8.98. The lowest BCUT2D eigenvalue weighted by Crippen LogP contribution is -2.36. The maximum atomic E-state index is 12.1. The Morgan fingerprint density at radius 2 is 2.14 bits per heavy atom. The zero-order chi connectivity index (χ0) is 15.7. The van der Waals surface area contributed by atoms with E-state index in [1.54, 1.807) is 19.2 Å². The molecule has 0 unspecified atom stereocenters. The van der Waals surface area contributed by atoms with Gasteiger partial charge in [0.15, 0.2) is 0 Å². The predicted molar refractivity (Wildman–Crippen MR) is 83.1 cm³/mol. The van der Waals surface area contributed by atoms with E-state index in [0.717, 1.165) is 6.54 Å². The highest BCUT2D eigenvalue weighted by Gasteiger charge is 2.13. The molecule has 0 heterocycles. The first-order valence-electron chi connectivity index (χ1n) is 7.09. The molecule has 0 radical (unpaired) electrons. The molecule has 21 heavy (non-hydrogen) atoms. The van der Waals surface area contributed by atoms with Crippen molar-refractivity contribution in [2.24, 2.45) is 5.92 Å². The fraction of sp³-hybridized carbons (Fsp3) is 0.500. The average molecular weight is 289 g/mol. The summed E-state index contributed by atoms with van der Waals surface area (Å²) in [7, 11) is 1.57. The van der Waals surface area contributed by atoms with Crippen LogP contribution >= 0.6 is 0 Å². The summed E-state index contributed by atoms with van der Waals surface area (Å²) in [5.74, 6) is 0.985. The van der Waals surface area contributed by atoms with Gasteiger partial charge >= 0.3 is 0 Å². The van der Waals surface area contributed by atoms with Crippen molar-refractivity contribution >= 4 is 11.6 Å². The zero-order valence-electron chi connectivity index (χ0n) is 12.9. The van der Waals surface area contributed by atoms with Gasteiger partial charge in [-0.1, -0.05) is 26.0 Å².